The molecule has 17 heavy (non-hydrogen) atoms. The molecule has 3 nitrogen and oxygen atoms in total. The lowest BCUT2D eigenvalue weighted by Crippen LogP contribution is -2.54. The zero-order valence-corrected chi connectivity index (χ0v) is 14.5. The summed E-state index contributed by atoms with van der Waals surface area (Å²) >= 11 is 0. The second kappa shape index (κ2) is 8.42. The van der Waals surface area contributed by atoms with Crippen molar-refractivity contribution >= 4 is 17.1 Å². The molecule has 0 atom stereocenters. The van der Waals surface area contributed by atoms with Gasteiger partial charge in [-0.2, -0.15) is 0 Å². The molecule has 0 aromatic carbocycles. The van der Waals surface area contributed by atoms with Crippen LogP contribution in [0.3, 0.4) is 0 Å². The van der Waals surface area contributed by atoms with E-state index in [1.54, 1.807) is 0 Å². The first-order valence-electron chi connectivity index (χ1n) is 7.05. The summed E-state index contributed by atoms with van der Waals surface area (Å²) in [6.07, 6.45) is 0. The molecular weight excluding hydrogens is 248 g/mol. The maximum absolute atomic E-state index is 6.54. The smallest absolute Gasteiger partial charge is 0.328 e. The highest BCUT2D eigenvalue weighted by atomic mass is 28.5. The van der Waals surface area contributed by atoms with Crippen molar-refractivity contribution in [3.63, 3.8) is 0 Å². The van der Waals surface area contributed by atoms with Crippen LogP contribution in [0.4, 0.5) is 0 Å². The van der Waals surface area contributed by atoms with Gasteiger partial charge in [0, 0.05) is 13.2 Å². The van der Waals surface area contributed by atoms with E-state index in [0.717, 1.165) is 37.4 Å². The van der Waals surface area contributed by atoms with E-state index < -0.39 is 17.1 Å². The Balaban J connectivity index is 4.89. The topological polar surface area (TPSA) is 27.7 Å². The van der Waals surface area contributed by atoms with Crippen LogP contribution < -0.4 is 0 Å². The Hall–Kier alpha value is 0.314. The fraction of sp³-hybridized carbons (Fsp3) is 1.00. The molecule has 0 N–H and O–H groups in total. The van der Waals surface area contributed by atoms with Crippen molar-refractivity contribution in [1.29, 1.82) is 0 Å². The number of hydrogen-bond donors (Lipinski definition) is 0. The van der Waals surface area contributed by atoms with Crippen LogP contribution in [0.1, 0.15) is 41.5 Å². The molecule has 0 rings (SSSR count). The molecule has 0 aliphatic rings. The highest BCUT2D eigenvalue weighted by Crippen LogP contribution is 2.28. The van der Waals surface area contributed by atoms with Crippen molar-refractivity contribution in [1.82, 2.24) is 0 Å². The summed E-state index contributed by atoms with van der Waals surface area (Å²) in [5.41, 5.74) is 0. The van der Waals surface area contributed by atoms with Crippen molar-refractivity contribution in [2.45, 2.75) is 65.7 Å². The molecule has 104 valence electrons. The lowest BCUT2D eigenvalue weighted by atomic mass is 10.9. The lowest BCUT2D eigenvalue weighted by molar-refractivity contribution is 0.193. The Bertz CT molecular complexity index is 172. The van der Waals surface area contributed by atoms with Crippen LogP contribution in [-0.2, 0) is 13.0 Å². The molecule has 0 saturated heterocycles. The molecule has 0 bridgehead atoms. The third kappa shape index (κ3) is 4.83. The van der Waals surface area contributed by atoms with E-state index in [2.05, 4.69) is 41.5 Å². The van der Waals surface area contributed by atoms with E-state index in [0.29, 0.717) is 0 Å². The summed E-state index contributed by atoms with van der Waals surface area (Å²) in [7, 11) is -4.04. The minimum Gasteiger partial charge on any atom is -0.414 e. The predicted molar refractivity (Wildman–Crippen MR) is 77.8 cm³/mol. The molecule has 0 saturated carbocycles. The molecule has 0 heterocycles. The third-order valence-electron chi connectivity index (χ3n) is 3.34. The van der Waals surface area contributed by atoms with Gasteiger partial charge in [0.25, 0.3) is 0 Å². The molecule has 0 spiro atoms. The fourth-order valence-corrected chi connectivity index (χ4v) is 10.5. The summed E-state index contributed by atoms with van der Waals surface area (Å²) in [6, 6.07) is 4.05. The van der Waals surface area contributed by atoms with Crippen LogP contribution in [0.2, 0.25) is 24.2 Å². The summed E-state index contributed by atoms with van der Waals surface area (Å²) in [5, 5.41) is 0. The van der Waals surface area contributed by atoms with Gasteiger partial charge >= 0.3 is 17.1 Å². The molecule has 0 fully saturated rings. The van der Waals surface area contributed by atoms with E-state index in [9.17, 15) is 0 Å². The lowest BCUT2D eigenvalue weighted by Gasteiger charge is -2.38. The second-order valence-electron chi connectivity index (χ2n) is 4.20. The predicted octanol–water partition coefficient (Wildman–Crippen LogP) is 4.04. The van der Waals surface area contributed by atoms with E-state index in [1.807, 2.05) is 0 Å². The zero-order valence-electron chi connectivity index (χ0n) is 12.5. The van der Waals surface area contributed by atoms with Crippen LogP contribution >= 0.6 is 0 Å². The molecule has 0 unspecified atom stereocenters. The van der Waals surface area contributed by atoms with Gasteiger partial charge in [-0.1, -0.05) is 27.7 Å². The summed E-state index contributed by atoms with van der Waals surface area (Å²) in [4.78, 5) is 0. The Kier molecular flexibility index (Phi) is 8.58. The van der Waals surface area contributed by atoms with E-state index in [4.69, 9.17) is 13.0 Å². The summed E-state index contributed by atoms with van der Waals surface area (Å²) < 4.78 is 18.5. The van der Waals surface area contributed by atoms with Gasteiger partial charge < -0.3 is 13.0 Å². The fourth-order valence-electron chi connectivity index (χ4n) is 2.12. The van der Waals surface area contributed by atoms with Gasteiger partial charge in [0.15, 0.2) is 0 Å². The van der Waals surface area contributed by atoms with Gasteiger partial charge in [0.1, 0.15) is 0 Å². The first-order chi connectivity index (χ1) is 8.07. The van der Waals surface area contributed by atoms with E-state index in [1.165, 1.54) is 0 Å². The van der Waals surface area contributed by atoms with Crippen LogP contribution in [0, 0.1) is 0 Å². The maximum atomic E-state index is 6.54. The summed E-state index contributed by atoms with van der Waals surface area (Å²) in [6.45, 7) is 14.3. The first kappa shape index (κ1) is 17.3. The Morgan fingerprint density at radius 2 is 0.882 bits per heavy atom. The van der Waals surface area contributed by atoms with Gasteiger partial charge in [-0.3, -0.25) is 0 Å². The molecule has 0 aliphatic heterocycles. The van der Waals surface area contributed by atoms with Crippen LogP contribution in [0.5, 0.6) is 0 Å². The van der Waals surface area contributed by atoms with Gasteiger partial charge in [-0.15, -0.1) is 0 Å². The Labute approximate surface area is 109 Å². The van der Waals surface area contributed by atoms with Crippen molar-refractivity contribution in [2.75, 3.05) is 13.2 Å². The van der Waals surface area contributed by atoms with Crippen LogP contribution in [0.15, 0.2) is 0 Å². The Morgan fingerprint density at radius 1 is 0.588 bits per heavy atom. The minimum absolute atomic E-state index is 0.748. The van der Waals surface area contributed by atoms with Crippen LogP contribution in [0.25, 0.3) is 0 Å². The molecule has 5 heteroatoms. The molecule has 0 aliphatic carbocycles. The van der Waals surface area contributed by atoms with Crippen molar-refractivity contribution in [3.05, 3.63) is 0 Å². The van der Waals surface area contributed by atoms with Gasteiger partial charge in [0.2, 0.25) is 0 Å². The zero-order chi connectivity index (χ0) is 13.4. The average molecular weight is 279 g/mol. The first-order valence-corrected chi connectivity index (χ1v) is 11.5. The molecule has 0 aromatic heterocycles. The van der Waals surface area contributed by atoms with E-state index in [-0.39, 0.29) is 0 Å². The number of rotatable bonds is 10. The highest BCUT2D eigenvalue weighted by Gasteiger charge is 2.44. The van der Waals surface area contributed by atoms with Gasteiger partial charge in [0.05, 0.1) is 0 Å². The molecule has 0 aromatic rings. The summed E-state index contributed by atoms with van der Waals surface area (Å²) in [5.74, 6) is 0. The molecule has 0 amide bonds. The van der Waals surface area contributed by atoms with E-state index >= 15 is 0 Å². The number of hydrogen-bond acceptors (Lipinski definition) is 3. The van der Waals surface area contributed by atoms with Gasteiger partial charge in [-0.05, 0) is 38.0 Å². The van der Waals surface area contributed by atoms with Crippen molar-refractivity contribution in [2.24, 2.45) is 0 Å². The quantitative estimate of drug-likeness (QED) is 0.564. The largest absolute Gasteiger partial charge is 0.414 e. The standard InChI is InChI=1S/C12H30O3Si2/c1-7-13-16(9-3,10-4)15-17(11-5,12-6)14-8-2/h7-12H2,1-6H3. The van der Waals surface area contributed by atoms with Crippen LogP contribution in [-0.4, -0.2) is 30.3 Å². The van der Waals surface area contributed by atoms with Crippen molar-refractivity contribution in [3.8, 4) is 0 Å². The monoisotopic (exact) mass is 278 g/mol. The SMILES string of the molecule is CCO[Si](CC)(CC)O[Si](CC)(CC)OCC. The molecule has 0 radical (unpaired) electrons. The molecular formula is C12H30O3Si2. The maximum Gasteiger partial charge on any atom is 0.328 e. The minimum atomic E-state index is -2.02. The normalized spacial score (nSPS) is 13.1. The van der Waals surface area contributed by atoms with Crippen molar-refractivity contribution < 1.29 is 13.0 Å². The average Bonchev–Trinajstić information content (AvgIpc) is 2.37. The highest BCUT2D eigenvalue weighted by molar-refractivity contribution is 6.81. The third-order valence-corrected chi connectivity index (χ3v) is 12.3. The Morgan fingerprint density at radius 3 is 1.06 bits per heavy atom. The second-order valence-corrected chi connectivity index (χ2v) is 12.1. The van der Waals surface area contributed by atoms with Gasteiger partial charge in [-0.25, -0.2) is 0 Å².